The molecular formula is C16H22BrNO2. The maximum Gasteiger partial charge on any atom is 0.0892 e. The molecule has 1 fully saturated rings. The first-order valence-electron chi connectivity index (χ1n) is 7.58. The second kappa shape index (κ2) is 6.46. The number of nitrogens with one attached hydrogen (secondary N) is 1. The summed E-state index contributed by atoms with van der Waals surface area (Å²) in [6.07, 6.45) is 5.69. The van der Waals surface area contributed by atoms with Crippen molar-refractivity contribution in [1.82, 2.24) is 0 Å². The largest absolute Gasteiger partial charge is 0.396 e. The molecule has 3 nitrogen and oxygen atoms in total. The van der Waals surface area contributed by atoms with Gasteiger partial charge >= 0.3 is 0 Å². The number of rotatable bonds is 4. The van der Waals surface area contributed by atoms with Crippen LogP contribution in [0.4, 0.5) is 5.69 Å². The van der Waals surface area contributed by atoms with Crippen LogP contribution in [0, 0.1) is 5.92 Å². The fourth-order valence-electron chi connectivity index (χ4n) is 3.51. The molecule has 2 N–H and O–H groups in total. The third-order valence-corrected chi connectivity index (χ3v) is 4.96. The molecule has 20 heavy (non-hydrogen) atoms. The number of hydrogen-bond acceptors (Lipinski definition) is 3. The van der Waals surface area contributed by atoms with Crippen LogP contribution in [-0.2, 0) is 4.74 Å². The van der Waals surface area contributed by atoms with Gasteiger partial charge in [-0.15, -0.1) is 0 Å². The quantitative estimate of drug-likeness (QED) is 0.818. The number of aliphatic hydroxyl groups excluding tert-OH is 1. The first-order valence-corrected chi connectivity index (χ1v) is 8.37. The van der Waals surface area contributed by atoms with Crippen LogP contribution in [0.1, 0.15) is 43.8 Å². The molecule has 0 radical (unpaired) electrons. The van der Waals surface area contributed by atoms with Crippen molar-refractivity contribution < 1.29 is 9.84 Å². The fourth-order valence-corrected chi connectivity index (χ4v) is 3.89. The number of fused-ring (bicyclic) bond motifs is 3. The van der Waals surface area contributed by atoms with E-state index in [1.165, 1.54) is 17.7 Å². The van der Waals surface area contributed by atoms with Crippen molar-refractivity contribution in [3.63, 3.8) is 0 Å². The Labute approximate surface area is 128 Å². The Hall–Kier alpha value is -0.580. The van der Waals surface area contributed by atoms with Gasteiger partial charge < -0.3 is 15.2 Å². The van der Waals surface area contributed by atoms with Crippen molar-refractivity contribution >= 4 is 21.6 Å². The lowest BCUT2D eigenvalue weighted by atomic mass is 9.78. The van der Waals surface area contributed by atoms with Crippen molar-refractivity contribution in [1.29, 1.82) is 0 Å². The van der Waals surface area contributed by atoms with E-state index in [4.69, 9.17) is 9.84 Å². The predicted molar refractivity (Wildman–Crippen MR) is 83.9 cm³/mol. The minimum Gasteiger partial charge on any atom is -0.396 e. The molecule has 1 aromatic rings. The average Bonchev–Trinajstić information content (AvgIpc) is 2.48. The predicted octanol–water partition coefficient (Wildman–Crippen LogP) is 3.87. The Bertz CT molecular complexity index is 466. The van der Waals surface area contributed by atoms with Gasteiger partial charge in [0, 0.05) is 40.9 Å². The molecule has 1 aromatic carbocycles. The maximum absolute atomic E-state index is 8.97. The molecular weight excluding hydrogens is 318 g/mol. The summed E-state index contributed by atoms with van der Waals surface area (Å²) < 4.78 is 7.21. The van der Waals surface area contributed by atoms with Crippen LogP contribution in [0.25, 0.3) is 0 Å². The van der Waals surface area contributed by atoms with Gasteiger partial charge in [-0.25, -0.2) is 0 Å². The van der Waals surface area contributed by atoms with Crippen LogP contribution >= 0.6 is 15.9 Å². The molecule has 2 heterocycles. The second-order valence-electron chi connectivity index (χ2n) is 5.80. The van der Waals surface area contributed by atoms with E-state index in [0.29, 0.717) is 18.6 Å². The summed E-state index contributed by atoms with van der Waals surface area (Å²) in [7, 11) is 0. The van der Waals surface area contributed by atoms with Crippen LogP contribution < -0.4 is 5.32 Å². The van der Waals surface area contributed by atoms with Crippen molar-refractivity contribution in [3.8, 4) is 0 Å². The molecule has 0 spiro atoms. The van der Waals surface area contributed by atoms with E-state index in [1.807, 2.05) is 0 Å². The summed E-state index contributed by atoms with van der Waals surface area (Å²) in [5.41, 5.74) is 2.51. The Kier molecular flexibility index (Phi) is 4.64. The molecule has 3 atom stereocenters. The van der Waals surface area contributed by atoms with E-state index in [-0.39, 0.29) is 6.10 Å². The Morgan fingerprint density at radius 2 is 2.25 bits per heavy atom. The molecule has 4 heteroatoms. The van der Waals surface area contributed by atoms with Crippen LogP contribution in [0.3, 0.4) is 0 Å². The van der Waals surface area contributed by atoms with Gasteiger partial charge in [0.2, 0.25) is 0 Å². The molecule has 110 valence electrons. The summed E-state index contributed by atoms with van der Waals surface area (Å²) in [6, 6.07) is 6.89. The molecule has 0 saturated carbocycles. The highest BCUT2D eigenvalue weighted by molar-refractivity contribution is 9.10. The van der Waals surface area contributed by atoms with E-state index in [1.54, 1.807) is 0 Å². The van der Waals surface area contributed by atoms with Gasteiger partial charge in [-0.05, 0) is 50.3 Å². The average molecular weight is 340 g/mol. The smallest absolute Gasteiger partial charge is 0.0892 e. The third-order valence-electron chi connectivity index (χ3n) is 4.47. The topological polar surface area (TPSA) is 41.5 Å². The normalized spacial score (nSPS) is 28.4. The standard InChI is InChI=1S/C16H22BrNO2/c17-11-6-7-15-13(10-11)16-12(4-3-9-20-16)14(18-15)5-1-2-8-19/h6-7,10,12,14,16,18-19H,1-5,8-9H2/t12-,14+,16-/m0/s1. The first-order chi connectivity index (χ1) is 9.79. The summed E-state index contributed by atoms with van der Waals surface area (Å²) in [4.78, 5) is 0. The van der Waals surface area contributed by atoms with Gasteiger partial charge in [0.25, 0.3) is 0 Å². The zero-order valence-corrected chi connectivity index (χ0v) is 13.2. The van der Waals surface area contributed by atoms with Gasteiger partial charge in [-0.1, -0.05) is 15.9 Å². The minimum absolute atomic E-state index is 0.233. The number of anilines is 1. The highest BCUT2D eigenvalue weighted by Crippen LogP contribution is 2.45. The molecule has 1 saturated heterocycles. The van der Waals surface area contributed by atoms with E-state index in [9.17, 15) is 0 Å². The number of hydrogen-bond donors (Lipinski definition) is 2. The van der Waals surface area contributed by atoms with Crippen molar-refractivity contribution in [3.05, 3.63) is 28.2 Å². The van der Waals surface area contributed by atoms with E-state index in [0.717, 1.165) is 36.8 Å². The summed E-state index contributed by atoms with van der Waals surface area (Å²) >= 11 is 3.56. The fraction of sp³-hybridized carbons (Fsp3) is 0.625. The van der Waals surface area contributed by atoms with Gasteiger partial charge in [0.15, 0.2) is 0 Å². The van der Waals surface area contributed by atoms with Crippen molar-refractivity contribution in [2.75, 3.05) is 18.5 Å². The molecule has 0 aliphatic carbocycles. The zero-order chi connectivity index (χ0) is 13.9. The minimum atomic E-state index is 0.233. The first kappa shape index (κ1) is 14.4. The lowest BCUT2D eigenvalue weighted by Crippen LogP contribution is -2.41. The van der Waals surface area contributed by atoms with Crippen molar-refractivity contribution in [2.45, 2.75) is 44.2 Å². The molecule has 3 rings (SSSR count). The highest BCUT2D eigenvalue weighted by atomic mass is 79.9. The van der Waals surface area contributed by atoms with Gasteiger partial charge in [-0.3, -0.25) is 0 Å². The maximum atomic E-state index is 8.97. The van der Waals surface area contributed by atoms with E-state index < -0.39 is 0 Å². The number of ether oxygens (including phenoxy) is 1. The molecule has 2 aliphatic rings. The van der Waals surface area contributed by atoms with Gasteiger partial charge in [0.05, 0.1) is 6.10 Å². The lowest BCUT2D eigenvalue weighted by molar-refractivity contribution is -0.0387. The third kappa shape index (κ3) is 2.87. The molecule has 2 aliphatic heterocycles. The van der Waals surface area contributed by atoms with Gasteiger partial charge in [0.1, 0.15) is 0 Å². The van der Waals surface area contributed by atoms with Crippen LogP contribution in [0.15, 0.2) is 22.7 Å². The Morgan fingerprint density at radius 1 is 1.35 bits per heavy atom. The number of benzene rings is 1. The van der Waals surface area contributed by atoms with E-state index in [2.05, 4.69) is 39.4 Å². The van der Waals surface area contributed by atoms with Crippen LogP contribution in [0.5, 0.6) is 0 Å². The number of aliphatic hydroxyl groups is 1. The zero-order valence-electron chi connectivity index (χ0n) is 11.6. The number of halogens is 1. The Morgan fingerprint density at radius 3 is 3.10 bits per heavy atom. The number of unbranched alkanes of at least 4 members (excludes halogenated alkanes) is 1. The summed E-state index contributed by atoms with van der Waals surface area (Å²) in [5, 5.41) is 12.7. The summed E-state index contributed by atoms with van der Waals surface area (Å²) in [5.74, 6) is 0.559. The van der Waals surface area contributed by atoms with Gasteiger partial charge in [-0.2, -0.15) is 0 Å². The van der Waals surface area contributed by atoms with E-state index >= 15 is 0 Å². The van der Waals surface area contributed by atoms with Crippen LogP contribution in [-0.4, -0.2) is 24.4 Å². The second-order valence-corrected chi connectivity index (χ2v) is 6.71. The summed E-state index contributed by atoms with van der Waals surface area (Å²) in [6.45, 7) is 1.16. The molecule has 0 aromatic heterocycles. The highest BCUT2D eigenvalue weighted by Gasteiger charge is 2.38. The molecule has 0 amide bonds. The molecule has 0 unspecified atom stereocenters. The van der Waals surface area contributed by atoms with Crippen LogP contribution in [0.2, 0.25) is 0 Å². The molecule has 0 bridgehead atoms. The van der Waals surface area contributed by atoms with Crippen molar-refractivity contribution in [2.24, 2.45) is 5.92 Å². The monoisotopic (exact) mass is 339 g/mol. The SMILES string of the molecule is OCCCC[C@H]1Nc2ccc(Br)cc2[C@H]2OCCC[C@H]21. The lowest BCUT2D eigenvalue weighted by Gasteiger charge is -2.43. The Balaban J connectivity index is 1.83.